The number of hydrogen-bond donors (Lipinski definition) is 0. The summed E-state index contributed by atoms with van der Waals surface area (Å²) >= 11 is 45.0. The first kappa shape index (κ1) is 37.4. The van der Waals surface area contributed by atoms with Gasteiger partial charge in [0, 0.05) is 0 Å². The molecule has 17 heteroatoms. The van der Waals surface area contributed by atoms with E-state index in [2.05, 4.69) is 384 Å². The SMILES string of the molecule is I[C](I)C(I)(C(I)(I)C(I)(I)I)C(I)(I)C(I)(I)C(I)(I)C(I)(I)I. The van der Waals surface area contributed by atoms with E-state index in [1.54, 1.807) is 0 Å². The molecule has 0 N–H and O–H groups in total. The predicted octanol–water partition coefficient (Wildman–Crippen LogP) is 13.7. The van der Waals surface area contributed by atoms with Gasteiger partial charge in [-0.25, -0.2) is 0 Å². The second-order valence-electron chi connectivity index (χ2n) is 4.21. The molecule has 1 unspecified atom stereocenters. The molecule has 0 aromatic carbocycles. The Kier molecular flexibility index (Phi) is 20.7. The lowest BCUT2D eigenvalue weighted by atomic mass is 10.0. The van der Waals surface area contributed by atoms with Gasteiger partial charge in [-0.05, 0) is 0 Å². The fourth-order valence-electron chi connectivity index (χ4n) is 1.22. The van der Waals surface area contributed by atoms with Crippen LogP contribution in [0.4, 0.5) is 0 Å². The van der Waals surface area contributed by atoms with Crippen LogP contribution in [0.3, 0.4) is 0 Å². The first-order valence-corrected chi connectivity index (χ1v) is 23.3. The van der Waals surface area contributed by atoms with Crippen LogP contribution < -0.4 is 0 Å². The summed E-state index contributed by atoms with van der Waals surface area (Å²) in [5.74, 6) is 0. The lowest BCUT2D eigenvalue weighted by Gasteiger charge is -2.58. The van der Waals surface area contributed by atoms with E-state index in [0.29, 0.717) is 0 Å². The molecule has 0 spiro atoms. The van der Waals surface area contributed by atoms with E-state index in [-0.39, 0.29) is 8.01 Å². The largest absolute Gasteiger partial charge is 0.149 e. The molecule has 0 fully saturated rings. The summed E-state index contributed by atoms with van der Waals surface area (Å²) in [6.45, 7) is 0. The van der Waals surface area contributed by atoms with E-state index in [4.69, 9.17) is 0 Å². The molecule has 0 bridgehead atoms. The first-order chi connectivity index (χ1) is 10.4. The molecule has 1 radical (unpaired) electrons. The minimum Gasteiger partial charge on any atom is -0.0716 e. The van der Waals surface area contributed by atoms with Crippen LogP contribution in [-0.2, 0) is 0 Å². The Morgan fingerprint density at radius 1 is 0.360 bits per heavy atom. The van der Waals surface area contributed by atoms with Crippen molar-refractivity contribution in [1.82, 2.24) is 0 Å². The second-order valence-corrected chi connectivity index (χ2v) is 53.3. The third kappa shape index (κ3) is 8.22. The van der Waals surface area contributed by atoms with Crippen molar-refractivity contribution in [3.05, 3.63) is 1.93 Å². The summed E-state index contributed by atoms with van der Waals surface area (Å²) in [6, 6.07) is 0. The van der Waals surface area contributed by atoms with Crippen LogP contribution in [0, 0.1) is 1.93 Å². The van der Waals surface area contributed by atoms with Crippen LogP contribution in [0.15, 0.2) is 0 Å². The van der Waals surface area contributed by atoms with E-state index in [1.165, 1.54) is 1.93 Å². The predicted molar refractivity (Wildman–Crippen MR) is 261 cm³/mol. The summed E-state index contributed by atoms with van der Waals surface area (Å²) in [6.07, 6.45) is 0. The molecule has 0 heterocycles. The molecule has 0 saturated carbocycles. The van der Waals surface area contributed by atoms with Crippen LogP contribution in [0.2, 0.25) is 0 Å². The van der Waals surface area contributed by atoms with Crippen LogP contribution >= 0.6 is 384 Å². The molecule has 151 valence electrons. The molecule has 0 saturated heterocycles. The highest BCUT2D eigenvalue weighted by Gasteiger charge is 2.76. The third-order valence-corrected chi connectivity index (χ3v) is 51.0. The third-order valence-electron chi connectivity index (χ3n) is 2.63. The van der Waals surface area contributed by atoms with E-state index in [9.17, 15) is 0 Å². The average Bonchev–Trinajstić information content (AvgIpc) is 2.33. The highest BCUT2D eigenvalue weighted by Crippen LogP contribution is 2.79. The van der Waals surface area contributed by atoms with E-state index >= 15 is 0 Å². The number of halogens is 17. The maximum absolute atomic E-state index is 2.75. The topological polar surface area (TPSA) is 0 Å². The van der Waals surface area contributed by atoms with E-state index in [1.807, 2.05) is 0 Å². The summed E-state index contributed by atoms with van der Waals surface area (Å²) in [7, 11) is 0. The fourth-order valence-corrected chi connectivity index (χ4v) is 25.9. The molecule has 1 atom stereocenters. The van der Waals surface area contributed by atoms with Gasteiger partial charge in [0.1, 0.15) is 6.52 Å². The fraction of sp³-hybridized carbons (Fsp3) is 0.875. The molecule has 0 aliphatic rings. The van der Waals surface area contributed by atoms with Gasteiger partial charge in [-0.1, -0.05) is 384 Å². The lowest BCUT2D eigenvalue weighted by Crippen LogP contribution is -2.68. The molecule has 25 heavy (non-hydrogen) atoms. The van der Waals surface area contributed by atoms with Gasteiger partial charge in [0.05, 0.1) is 3.42 Å². The maximum Gasteiger partial charge on any atom is 0.149 e. The average molecular weight is 2250 g/mol. The Labute approximate surface area is 381 Å². The van der Waals surface area contributed by atoms with Crippen molar-refractivity contribution < 1.29 is 0 Å². The summed E-state index contributed by atoms with van der Waals surface area (Å²) < 4.78 is 1.41. The van der Waals surface area contributed by atoms with Gasteiger partial charge in [-0.3, -0.25) is 0 Å². The van der Waals surface area contributed by atoms with Crippen molar-refractivity contribution in [2.75, 3.05) is 0 Å². The van der Waals surface area contributed by atoms with Gasteiger partial charge in [0.15, 0.2) is 0 Å². The smallest absolute Gasteiger partial charge is 0.0716 e. The quantitative estimate of drug-likeness (QED) is 0.176. The Hall–Kier alpha value is 12.4. The molecule has 0 amide bonds. The summed E-state index contributed by atoms with van der Waals surface area (Å²) in [5, 5.41) is 0. The summed E-state index contributed by atoms with van der Waals surface area (Å²) in [4.78, 5) is 0. The highest BCUT2D eigenvalue weighted by molar-refractivity contribution is 14.3. The van der Waals surface area contributed by atoms with Gasteiger partial charge in [0.2, 0.25) is 0 Å². The van der Waals surface area contributed by atoms with Crippen molar-refractivity contribution >= 4 is 384 Å². The van der Waals surface area contributed by atoms with Crippen LogP contribution in [0.5, 0.6) is 0 Å². The van der Waals surface area contributed by atoms with Crippen molar-refractivity contribution in [2.24, 2.45) is 0 Å². The first-order valence-electron chi connectivity index (χ1n) is 4.96. The van der Waals surface area contributed by atoms with Crippen molar-refractivity contribution in [3.8, 4) is 0 Å². The van der Waals surface area contributed by atoms with Crippen molar-refractivity contribution in [1.29, 1.82) is 0 Å². The van der Waals surface area contributed by atoms with Crippen LogP contribution in [0.1, 0.15) is 0 Å². The number of hydrogen-bond acceptors (Lipinski definition) is 0. The molecular formula is C8I17. The maximum atomic E-state index is 2.75. The van der Waals surface area contributed by atoms with Gasteiger partial charge in [0.25, 0.3) is 0 Å². The van der Waals surface area contributed by atoms with Gasteiger partial charge >= 0.3 is 0 Å². The zero-order chi connectivity index (χ0) is 21.1. The van der Waals surface area contributed by atoms with Crippen LogP contribution in [-0.4, -0.2) is 8.01 Å². The molecule has 0 rings (SSSR count). The standard InChI is InChI=1S/C8I17/c9-1(10)2(11,4(14,15)7(20,21)22)3(12,13)5(16,17)6(18,19)8(23,24)25. The van der Waals surface area contributed by atoms with E-state index in [0.717, 1.165) is 0 Å². The minimum absolute atomic E-state index is 0.00666. The Morgan fingerprint density at radius 3 is 0.840 bits per heavy atom. The Bertz CT molecular complexity index is 480. The minimum atomic E-state index is -0.0656. The van der Waals surface area contributed by atoms with Crippen LogP contribution in [0.25, 0.3) is 0 Å². The summed E-state index contributed by atoms with van der Waals surface area (Å²) in [5.41, 5.74) is 0. The number of alkyl halides is 15. The van der Waals surface area contributed by atoms with E-state index < -0.39 is 0 Å². The van der Waals surface area contributed by atoms with Crippen molar-refractivity contribution in [3.63, 3.8) is 0 Å². The number of rotatable bonds is 7. The molecular weight excluding hydrogens is 2250 g/mol. The molecule has 0 aliphatic carbocycles. The zero-order valence-corrected chi connectivity index (χ0v) is 47.1. The molecule has 0 nitrogen and oxygen atoms in total. The molecule has 0 aromatic rings. The van der Waals surface area contributed by atoms with Gasteiger partial charge in [-0.2, -0.15) is 0 Å². The van der Waals surface area contributed by atoms with Gasteiger partial charge in [-0.15, -0.1) is 0 Å². The normalized spacial score (nSPS) is 18.5. The second kappa shape index (κ2) is 13.9. The monoisotopic (exact) mass is 2250 g/mol. The lowest BCUT2D eigenvalue weighted by molar-refractivity contribution is 0.644. The molecule has 0 aromatic heterocycles. The zero-order valence-electron chi connectivity index (χ0n) is 10.4. The van der Waals surface area contributed by atoms with Gasteiger partial charge < -0.3 is 0 Å². The Morgan fingerprint density at radius 2 is 0.640 bits per heavy atom. The Balaban J connectivity index is 6.79. The highest BCUT2D eigenvalue weighted by atomic mass is 127. The van der Waals surface area contributed by atoms with Crippen molar-refractivity contribution in [2.45, 2.75) is 8.01 Å². The molecule has 0 aliphatic heterocycles.